The zero-order valence-corrected chi connectivity index (χ0v) is 17.3. The van der Waals surface area contributed by atoms with E-state index in [-0.39, 0.29) is 30.7 Å². The molecule has 3 rings (SSSR count). The van der Waals surface area contributed by atoms with Gasteiger partial charge in [-0.05, 0) is 24.5 Å². The second-order valence-corrected chi connectivity index (χ2v) is 6.81. The number of benzene rings is 2. The molecule has 6 heteroatoms. The quantitative estimate of drug-likeness (QED) is 0.837. The van der Waals surface area contributed by atoms with Gasteiger partial charge < -0.3 is 10.6 Å². The molecule has 0 radical (unpaired) electrons. The van der Waals surface area contributed by atoms with Crippen LogP contribution in [0.5, 0.6) is 0 Å². The first kappa shape index (κ1) is 23.4. The molecule has 148 valence electrons. The standard InChI is InChI=1S/C21H27N3O.2ClH/c1-17-12-13-23(21(25)20(22)19-10-6-3-7-11-19)14-15-24(17)16-18-8-4-2-5-9-18;;/h2-11,17,20H,12-16,22H2,1H3;2*1H. The van der Waals surface area contributed by atoms with Gasteiger partial charge >= 0.3 is 0 Å². The molecule has 0 saturated carbocycles. The maximum atomic E-state index is 12.8. The van der Waals surface area contributed by atoms with Gasteiger partial charge in [-0.1, -0.05) is 60.7 Å². The van der Waals surface area contributed by atoms with Crippen LogP contribution in [0.25, 0.3) is 0 Å². The molecule has 2 atom stereocenters. The molecule has 0 aliphatic carbocycles. The van der Waals surface area contributed by atoms with Crippen LogP contribution >= 0.6 is 24.8 Å². The lowest BCUT2D eigenvalue weighted by molar-refractivity contribution is -0.132. The van der Waals surface area contributed by atoms with Crippen LogP contribution in [-0.2, 0) is 11.3 Å². The maximum Gasteiger partial charge on any atom is 0.244 e. The van der Waals surface area contributed by atoms with E-state index in [2.05, 4.69) is 36.1 Å². The summed E-state index contributed by atoms with van der Waals surface area (Å²) in [5, 5.41) is 0. The first-order valence-corrected chi connectivity index (χ1v) is 9.02. The average Bonchev–Trinajstić information content (AvgIpc) is 2.84. The van der Waals surface area contributed by atoms with E-state index >= 15 is 0 Å². The third-order valence-corrected chi connectivity index (χ3v) is 5.06. The van der Waals surface area contributed by atoms with Crippen LogP contribution in [0.1, 0.15) is 30.5 Å². The number of carbonyl (C=O) groups excluding carboxylic acids is 1. The number of hydrogen-bond acceptors (Lipinski definition) is 3. The molecule has 1 heterocycles. The Morgan fingerprint density at radius 2 is 1.59 bits per heavy atom. The molecule has 1 aliphatic heterocycles. The molecule has 1 fully saturated rings. The summed E-state index contributed by atoms with van der Waals surface area (Å²) in [4.78, 5) is 17.2. The van der Waals surface area contributed by atoms with Crippen LogP contribution in [-0.4, -0.2) is 41.4 Å². The number of carbonyl (C=O) groups is 1. The van der Waals surface area contributed by atoms with E-state index in [4.69, 9.17) is 5.73 Å². The average molecular weight is 410 g/mol. The molecule has 2 aromatic rings. The number of halogens is 2. The topological polar surface area (TPSA) is 49.6 Å². The Morgan fingerprint density at radius 3 is 2.22 bits per heavy atom. The summed E-state index contributed by atoms with van der Waals surface area (Å²) in [5.74, 6) is 0.0277. The minimum Gasteiger partial charge on any atom is -0.340 e. The van der Waals surface area contributed by atoms with Crippen molar-refractivity contribution in [2.24, 2.45) is 5.73 Å². The third-order valence-electron chi connectivity index (χ3n) is 5.06. The summed E-state index contributed by atoms with van der Waals surface area (Å²) < 4.78 is 0. The van der Waals surface area contributed by atoms with E-state index in [0.29, 0.717) is 6.04 Å². The van der Waals surface area contributed by atoms with Crippen molar-refractivity contribution in [1.29, 1.82) is 0 Å². The molecule has 27 heavy (non-hydrogen) atoms. The summed E-state index contributed by atoms with van der Waals surface area (Å²) in [6.07, 6.45) is 0.972. The molecule has 1 saturated heterocycles. The van der Waals surface area contributed by atoms with Crippen molar-refractivity contribution < 1.29 is 4.79 Å². The predicted octanol–water partition coefficient (Wildman–Crippen LogP) is 3.65. The Labute approximate surface area is 174 Å². The lowest BCUT2D eigenvalue weighted by Gasteiger charge is -2.26. The van der Waals surface area contributed by atoms with Crippen molar-refractivity contribution in [3.05, 3.63) is 71.8 Å². The Balaban J connectivity index is 0.00000182. The number of nitrogens with two attached hydrogens (primary N) is 1. The first-order valence-electron chi connectivity index (χ1n) is 9.02. The Morgan fingerprint density at radius 1 is 1.00 bits per heavy atom. The monoisotopic (exact) mass is 409 g/mol. The number of rotatable bonds is 4. The molecule has 1 amide bonds. The summed E-state index contributed by atoms with van der Waals surface area (Å²) >= 11 is 0. The van der Waals surface area contributed by atoms with E-state index in [1.54, 1.807) is 0 Å². The zero-order valence-electron chi connectivity index (χ0n) is 15.7. The van der Waals surface area contributed by atoms with Gasteiger partial charge in [-0.15, -0.1) is 24.8 Å². The smallest absolute Gasteiger partial charge is 0.244 e. The molecule has 4 nitrogen and oxygen atoms in total. The Kier molecular flexibility index (Phi) is 9.81. The fourth-order valence-electron chi connectivity index (χ4n) is 3.38. The molecule has 0 bridgehead atoms. The van der Waals surface area contributed by atoms with Gasteiger partial charge in [0.2, 0.25) is 5.91 Å². The summed E-state index contributed by atoms with van der Waals surface area (Å²) in [7, 11) is 0. The van der Waals surface area contributed by atoms with E-state index in [1.165, 1.54) is 5.56 Å². The van der Waals surface area contributed by atoms with Crippen LogP contribution in [0.15, 0.2) is 60.7 Å². The van der Waals surface area contributed by atoms with Crippen molar-refractivity contribution in [1.82, 2.24) is 9.80 Å². The molecule has 2 N–H and O–H groups in total. The summed E-state index contributed by atoms with van der Waals surface area (Å²) in [6, 6.07) is 20.0. The van der Waals surface area contributed by atoms with Gasteiger partial charge in [0.05, 0.1) is 0 Å². The van der Waals surface area contributed by atoms with Crippen LogP contribution < -0.4 is 5.73 Å². The summed E-state index contributed by atoms with van der Waals surface area (Å²) in [5.41, 5.74) is 8.40. The zero-order chi connectivity index (χ0) is 17.6. The Hall–Kier alpha value is -1.59. The summed E-state index contributed by atoms with van der Waals surface area (Å²) in [6.45, 7) is 5.55. The minimum atomic E-state index is -0.572. The molecule has 0 spiro atoms. The highest BCUT2D eigenvalue weighted by molar-refractivity contribution is 5.85. The fraction of sp³-hybridized carbons (Fsp3) is 0.381. The van der Waals surface area contributed by atoms with Gasteiger partial charge in [0.1, 0.15) is 6.04 Å². The highest BCUT2D eigenvalue weighted by Crippen LogP contribution is 2.18. The van der Waals surface area contributed by atoms with Gasteiger partial charge in [0.25, 0.3) is 0 Å². The van der Waals surface area contributed by atoms with E-state index in [9.17, 15) is 4.79 Å². The van der Waals surface area contributed by atoms with Crippen LogP contribution in [0.3, 0.4) is 0 Å². The second kappa shape index (κ2) is 11.3. The SMILES string of the molecule is CC1CCN(C(=O)C(N)c2ccccc2)CCN1Cc1ccccc1.Cl.Cl. The van der Waals surface area contributed by atoms with Crippen molar-refractivity contribution in [3.8, 4) is 0 Å². The molecular weight excluding hydrogens is 381 g/mol. The fourth-order valence-corrected chi connectivity index (χ4v) is 3.38. The lowest BCUT2D eigenvalue weighted by atomic mass is 10.1. The van der Waals surface area contributed by atoms with Crippen molar-refractivity contribution in [3.63, 3.8) is 0 Å². The highest BCUT2D eigenvalue weighted by atomic mass is 35.5. The van der Waals surface area contributed by atoms with Gasteiger partial charge in [-0.2, -0.15) is 0 Å². The molecular formula is C21H29Cl2N3O. The van der Waals surface area contributed by atoms with Crippen molar-refractivity contribution in [2.45, 2.75) is 32.0 Å². The number of hydrogen-bond donors (Lipinski definition) is 1. The van der Waals surface area contributed by atoms with Gasteiger partial charge in [-0.25, -0.2) is 0 Å². The van der Waals surface area contributed by atoms with Gasteiger partial charge in [0.15, 0.2) is 0 Å². The minimum absolute atomic E-state index is 0. The number of amides is 1. The highest BCUT2D eigenvalue weighted by Gasteiger charge is 2.27. The normalized spacial score (nSPS) is 18.6. The molecule has 2 unspecified atom stereocenters. The predicted molar refractivity (Wildman–Crippen MR) is 115 cm³/mol. The van der Waals surface area contributed by atoms with Gasteiger partial charge in [0, 0.05) is 32.2 Å². The van der Waals surface area contributed by atoms with Crippen LogP contribution in [0.4, 0.5) is 0 Å². The molecule has 2 aromatic carbocycles. The van der Waals surface area contributed by atoms with E-state index < -0.39 is 6.04 Å². The van der Waals surface area contributed by atoms with E-state index in [1.807, 2.05) is 41.3 Å². The third kappa shape index (κ3) is 6.22. The molecule has 1 aliphatic rings. The Bertz CT molecular complexity index is 684. The largest absolute Gasteiger partial charge is 0.340 e. The first-order chi connectivity index (χ1) is 12.1. The van der Waals surface area contributed by atoms with E-state index in [0.717, 1.165) is 38.2 Å². The van der Waals surface area contributed by atoms with Gasteiger partial charge in [-0.3, -0.25) is 9.69 Å². The van der Waals surface area contributed by atoms with Crippen LogP contribution in [0.2, 0.25) is 0 Å². The van der Waals surface area contributed by atoms with Crippen molar-refractivity contribution in [2.75, 3.05) is 19.6 Å². The molecule has 0 aromatic heterocycles. The maximum absolute atomic E-state index is 12.8. The number of nitrogens with zero attached hydrogens (tertiary/aromatic N) is 2. The lowest BCUT2D eigenvalue weighted by Crippen LogP contribution is -2.40. The van der Waals surface area contributed by atoms with Crippen LogP contribution in [0, 0.1) is 0 Å². The van der Waals surface area contributed by atoms with Crippen molar-refractivity contribution >= 4 is 30.7 Å². The second-order valence-electron chi connectivity index (χ2n) is 6.81.